The van der Waals surface area contributed by atoms with E-state index < -0.39 is 17.8 Å². The maximum absolute atomic E-state index is 12.6. The van der Waals surface area contributed by atoms with Crippen LogP contribution in [0.25, 0.3) is 0 Å². The number of piperidine rings is 1. The molecule has 0 spiro atoms. The highest BCUT2D eigenvalue weighted by Gasteiger charge is 2.32. The summed E-state index contributed by atoms with van der Waals surface area (Å²) in [5.74, 6) is 0.102. The minimum Gasteiger partial charge on any atom is -0.358 e. The summed E-state index contributed by atoms with van der Waals surface area (Å²) in [7, 11) is 0. The van der Waals surface area contributed by atoms with E-state index in [0.717, 1.165) is 18.7 Å². The molecule has 5 nitrogen and oxygen atoms in total. The monoisotopic (exact) mass is 336 g/mol. The molecule has 3 rings (SSSR count). The Labute approximate surface area is 136 Å². The standard InChI is InChI=1S/C16H15F3N4O/c17-16(18,19)11-5-6-14(21-9-11)22-13-4-2-8-23(15(13)24)12-3-1-7-20-10-12/h1,3,5-7,9-10,13H,2,4,8H2,(H,21,22). The van der Waals surface area contributed by atoms with Gasteiger partial charge < -0.3 is 10.2 Å². The zero-order chi connectivity index (χ0) is 17.2. The van der Waals surface area contributed by atoms with Gasteiger partial charge in [-0.1, -0.05) is 0 Å². The Morgan fingerprint density at radius 1 is 1.21 bits per heavy atom. The summed E-state index contributed by atoms with van der Waals surface area (Å²) >= 11 is 0. The Bertz CT molecular complexity index is 704. The Kier molecular flexibility index (Phi) is 4.37. The number of rotatable bonds is 3. The second kappa shape index (κ2) is 6.46. The van der Waals surface area contributed by atoms with Crippen LogP contribution in [-0.2, 0) is 11.0 Å². The molecule has 1 fully saturated rings. The molecule has 24 heavy (non-hydrogen) atoms. The first-order valence-electron chi connectivity index (χ1n) is 7.46. The lowest BCUT2D eigenvalue weighted by Gasteiger charge is -2.32. The van der Waals surface area contributed by atoms with E-state index in [0.29, 0.717) is 18.7 Å². The molecule has 1 amide bonds. The number of anilines is 2. The molecule has 1 unspecified atom stereocenters. The van der Waals surface area contributed by atoms with Crippen molar-refractivity contribution in [3.63, 3.8) is 0 Å². The Morgan fingerprint density at radius 3 is 2.67 bits per heavy atom. The number of carbonyl (C=O) groups excluding carboxylic acids is 1. The summed E-state index contributed by atoms with van der Waals surface area (Å²) in [4.78, 5) is 22.0. The summed E-state index contributed by atoms with van der Waals surface area (Å²) < 4.78 is 37.7. The topological polar surface area (TPSA) is 58.1 Å². The van der Waals surface area contributed by atoms with Crippen LogP contribution in [0.3, 0.4) is 0 Å². The molecule has 0 bridgehead atoms. The van der Waals surface area contributed by atoms with Crippen molar-refractivity contribution >= 4 is 17.4 Å². The van der Waals surface area contributed by atoms with Gasteiger partial charge in [0.05, 0.1) is 17.4 Å². The molecule has 8 heteroatoms. The van der Waals surface area contributed by atoms with Crippen LogP contribution in [0.2, 0.25) is 0 Å². The van der Waals surface area contributed by atoms with Crippen molar-refractivity contribution in [3.05, 3.63) is 48.4 Å². The van der Waals surface area contributed by atoms with Crippen molar-refractivity contribution in [2.45, 2.75) is 25.1 Å². The summed E-state index contributed by atoms with van der Waals surface area (Å²) in [6.45, 7) is 0.586. The van der Waals surface area contributed by atoms with Gasteiger partial charge in [0.2, 0.25) is 5.91 Å². The predicted molar refractivity (Wildman–Crippen MR) is 82.5 cm³/mol. The third-order valence-corrected chi connectivity index (χ3v) is 3.81. The van der Waals surface area contributed by atoms with Crippen LogP contribution in [0.5, 0.6) is 0 Å². The van der Waals surface area contributed by atoms with Crippen LogP contribution in [0.1, 0.15) is 18.4 Å². The molecule has 1 aliphatic rings. The second-order valence-electron chi connectivity index (χ2n) is 5.47. The van der Waals surface area contributed by atoms with E-state index in [-0.39, 0.29) is 11.7 Å². The van der Waals surface area contributed by atoms with Gasteiger partial charge in [-0.15, -0.1) is 0 Å². The molecule has 0 radical (unpaired) electrons. The fourth-order valence-corrected chi connectivity index (χ4v) is 2.60. The SMILES string of the molecule is O=C1C(Nc2ccc(C(F)(F)F)cn2)CCCN1c1cccnc1. The van der Waals surface area contributed by atoms with Gasteiger partial charge in [-0.25, -0.2) is 4.98 Å². The number of aromatic nitrogens is 2. The predicted octanol–water partition coefficient (Wildman–Crippen LogP) is 3.10. The minimum absolute atomic E-state index is 0.143. The third kappa shape index (κ3) is 3.47. The summed E-state index contributed by atoms with van der Waals surface area (Å²) in [6, 6.07) is 5.20. The molecule has 3 heterocycles. The minimum atomic E-state index is -4.43. The number of nitrogens with zero attached hydrogens (tertiary/aromatic N) is 3. The smallest absolute Gasteiger partial charge is 0.358 e. The molecular weight excluding hydrogens is 321 g/mol. The fraction of sp³-hybridized carbons (Fsp3) is 0.312. The van der Waals surface area contributed by atoms with Crippen LogP contribution in [-0.4, -0.2) is 28.5 Å². The zero-order valence-electron chi connectivity index (χ0n) is 12.6. The number of hydrogen-bond acceptors (Lipinski definition) is 4. The molecule has 1 saturated heterocycles. The molecule has 0 aliphatic carbocycles. The van der Waals surface area contributed by atoms with E-state index in [1.165, 1.54) is 6.07 Å². The van der Waals surface area contributed by atoms with E-state index in [2.05, 4.69) is 15.3 Å². The normalized spacial score (nSPS) is 18.5. The molecule has 0 aromatic carbocycles. The first-order chi connectivity index (χ1) is 11.4. The summed E-state index contributed by atoms with van der Waals surface area (Å²) in [5.41, 5.74) is -0.116. The van der Waals surface area contributed by atoms with Crippen molar-refractivity contribution in [2.24, 2.45) is 0 Å². The first kappa shape index (κ1) is 16.2. The number of halogens is 3. The van der Waals surface area contributed by atoms with Gasteiger partial charge >= 0.3 is 6.18 Å². The second-order valence-corrected chi connectivity index (χ2v) is 5.47. The van der Waals surface area contributed by atoms with Gasteiger partial charge in [0, 0.05) is 18.9 Å². The Morgan fingerprint density at radius 2 is 2.04 bits per heavy atom. The quantitative estimate of drug-likeness (QED) is 0.936. The average Bonchev–Trinajstić information content (AvgIpc) is 2.57. The van der Waals surface area contributed by atoms with Gasteiger partial charge in [0.25, 0.3) is 0 Å². The van der Waals surface area contributed by atoms with E-state index in [1.54, 1.807) is 29.4 Å². The van der Waals surface area contributed by atoms with Crippen molar-refractivity contribution in [1.82, 2.24) is 9.97 Å². The van der Waals surface area contributed by atoms with E-state index in [4.69, 9.17) is 0 Å². The van der Waals surface area contributed by atoms with E-state index in [1.807, 2.05) is 0 Å². The number of pyridine rings is 2. The number of hydrogen-bond donors (Lipinski definition) is 1. The van der Waals surface area contributed by atoms with Crippen molar-refractivity contribution in [2.75, 3.05) is 16.8 Å². The van der Waals surface area contributed by atoms with Gasteiger partial charge in [0.15, 0.2) is 0 Å². The lowest BCUT2D eigenvalue weighted by atomic mass is 10.0. The highest BCUT2D eigenvalue weighted by atomic mass is 19.4. The van der Waals surface area contributed by atoms with Gasteiger partial charge in [-0.2, -0.15) is 13.2 Å². The number of amides is 1. The van der Waals surface area contributed by atoms with Crippen LogP contribution >= 0.6 is 0 Å². The van der Waals surface area contributed by atoms with Crippen LogP contribution in [0.4, 0.5) is 24.7 Å². The van der Waals surface area contributed by atoms with Gasteiger partial charge in [0.1, 0.15) is 11.9 Å². The maximum atomic E-state index is 12.6. The summed E-state index contributed by atoms with van der Waals surface area (Å²) in [5, 5.41) is 2.92. The lowest BCUT2D eigenvalue weighted by Crippen LogP contribution is -2.47. The van der Waals surface area contributed by atoms with Crippen LogP contribution < -0.4 is 10.2 Å². The molecule has 1 N–H and O–H groups in total. The van der Waals surface area contributed by atoms with Gasteiger partial charge in [-0.05, 0) is 37.1 Å². The van der Waals surface area contributed by atoms with E-state index >= 15 is 0 Å². The highest BCUT2D eigenvalue weighted by Crippen LogP contribution is 2.29. The fourth-order valence-electron chi connectivity index (χ4n) is 2.60. The lowest BCUT2D eigenvalue weighted by molar-refractivity contribution is -0.137. The molecule has 0 saturated carbocycles. The zero-order valence-corrected chi connectivity index (χ0v) is 12.6. The van der Waals surface area contributed by atoms with Crippen LogP contribution in [0, 0.1) is 0 Å². The van der Waals surface area contributed by atoms with Crippen molar-refractivity contribution in [1.29, 1.82) is 0 Å². The third-order valence-electron chi connectivity index (χ3n) is 3.81. The molecular formula is C16H15F3N4O. The molecule has 2 aromatic rings. The largest absolute Gasteiger partial charge is 0.417 e. The van der Waals surface area contributed by atoms with E-state index in [9.17, 15) is 18.0 Å². The molecule has 1 atom stereocenters. The molecule has 1 aliphatic heterocycles. The highest BCUT2D eigenvalue weighted by molar-refractivity contribution is 5.99. The number of nitrogens with one attached hydrogen (secondary N) is 1. The molecule has 126 valence electrons. The van der Waals surface area contributed by atoms with Gasteiger partial charge in [-0.3, -0.25) is 9.78 Å². The average molecular weight is 336 g/mol. The number of carbonyl (C=O) groups is 1. The Balaban J connectivity index is 1.72. The van der Waals surface area contributed by atoms with Crippen molar-refractivity contribution < 1.29 is 18.0 Å². The summed E-state index contributed by atoms with van der Waals surface area (Å²) in [6.07, 6.45) is 0.936. The first-order valence-corrected chi connectivity index (χ1v) is 7.46. The van der Waals surface area contributed by atoms with Crippen LogP contribution in [0.15, 0.2) is 42.9 Å². The van der Waals surface area contributed by atoms with Crippen molar-refractivity contribution in [3.8, 4) is 0 Å². The maximum Gasteiger partial charge on any atom is 0.417 e. The number of alkyl halides is 3. The molecule has 2 aromatic heterocycles. The Hall–Kier alpha value is -2.64.